The van der Waals surface area contributed by atoms with Crippen LogP contribution in [0.3, 0.4) is 0 Å². The minimum atomic E-state index is -0.522. The number of nitrogens with one attached hydrogen (secondary N) is 1. The zero-order valence-electron chi connectivity index (χ0n) is 18.4. The summed E-state index contributed by atoms with van der Waals surface area (Å²) in [6.07, 6.45) is 0.361. The molecule has 2 heterocycles. The third-order valence-corrected chi connectivity index (χ3v) is 5.01. The maximum atomic E-state index is 12.4. The highest BCUT2D eigenvalue weighted by Gasteiger charge is 2.39. The molecule has 1 unspecified atom stereocenters. The van der Waals surface area contributed by atoms with E-state index in [0.717, 1.165) is 11.4 Å². The second-order valence-electron chi connectivity index (χ2n) is 9.21. The molecule has 2 amide bonds. The zero-order chi connectivity index (χ0) is 21.3. The first-order chi connectivity index (χ1) is 12.8. The predicted molar refractivity (Wildman–Crippen MR) is 106 cm³/mol. The molecule has 1 aliphatic rings. The van der Waals surface area contributed by atoms with Crippen LogP contribution in [0.4, 0.5) is 4.79 Å². The maximum Gasteiger partial charge on any atom is 0.410 e. The molecule has 1 N–H and O–H groups in total. The van der Waals surface area contributed by atoms with Crippen molar-refractivity contribution in [3.05, 3.63) is 11.4 Å². The molecular formula is C20H34N4O4. The Morgan fingerprint density at radius 2 is 1.93 bits per heavy atom. The summed E-state index contributed by atoms with van der Waals surface area (Å²) < 4.78 is 12.9. The second kappa shape index (κ2) is 8.01. The van der Waals surface area contributed by atoms with Crippen molar-refractivity contribution in [2.24, 2.45) is 12.5 Å². The van der Waals surface area contributed by atoms with Crippen molar-refractivity contribution >= 4 is 12.0 Å². The van der Waals surface area contributed by atoms with Gasteiger partial charge in [0.15, 0.2) is 12.4 Å². The standard InChI is InChI=1S/C20H34N4O4/c1-13-17(14(2)23(8)22-13)27-11-16(25)21-15-9-10-24(12-20(15,6)7)18(26)28-19(3,4)5/h15H,9-12H2,1-8H3,(H,21,25). The lowest BCUT2D eigenvalue weighted by atomic mass is 9.79. The number of ether oxygens (including phenoxy) is 2. The van der Waals surface area contributed by atoms with E-state index in [1.165, 1.54) is 0 Å². The fourth-order valence-corrected chi connectivity index (χ4v) is 3.44. The number of carbonyl (C=O) groups is 2. The fourth-order valence-electron chi connectivity index (χ4n) is 3.44. The van der Waals surface area contributed by atoms with Gasteiger partial charge in [-0.1, -0.05) is 13.8 Å². The van der Waals surface area contributed by atoms with E-state index in [1.54, 1.807) is 9.58 Å². The average Bonchev–Trinajstić information content (AvgIpc) is 2.78. The van der Waals surface area contributed by atoms with Crippen molar-refractivity contribution in [2.45, 2.75) is 66.5 Å². The molecule has 1 saturated heterocycles. The van der Waals surface area contributed by atoms with Gasteiger partial charge in [-0.15, -0.1) is 0 Å². The lowest BCUT2D eigenvalue weighted by Gasteiger charge is -2.44. The summed E-state index contributed by atoms with van der Waals surface area (Å²) >= 11 is 0. The van der Waals surface area contributed by atoms with Gasteiger partial charge in [-0.3, -0.25) is 9.48 Å². The number of nitrogens with zero attached hydrogens (tertiary/aromatic N) is 3. The minimum Gasteiger partial charge on any atom is -0.480 e. The molecule has 0 spiro atoms. The van der Waals surface area contributed by atoms with Crippen molar-refractivity contribution in [1.82, 2.24) is 20.0 Å². The molecule has 2 rings (SSSR count). The van der Waals surface area contributed by atoms with Crippen LogP contribution in [0.1, 0.15) is 52.4 Å². The highest BCUT2D eigenvalue weighted by molar-refractivity contribution is 5.78. The quantitative estimate of drug-likeness (QED) is 0.848. The number of rotatable bonds is 4. The van der Waals surface area contributed by atoms with E-state index in [2.05, 4.69) is 10.4 Å². The molecule has 1 aromatic heterocycles. The summed E-state index contributed by atoms with van der Waals surface area (Å²) in [6, 6.07) is -0.0432. The highest BCUT2D eigenvalue weighted by atomic mass is 16.6. The lowest BCUT2D eigenvalue weighted by molar-refractivity contribution is -0.125. The summed E-state index contributed by atoms with van der Waals surface area (Å²) in [5.74, 6) is 0.475. The molecule has 0 radical (unpaired) electrons. The van der Waals surface area contributed by atoms with Crippen molar-refractivity contribution in [1.29, 1.82) is 0 Å². The van der Waals surface area contributed by atoms with Crippen LogP contribution in [0, 0.1) is 19.3 Å². The van der Waals surface area contributed by atoms with Crippen LogP contribution in [0.2, 0.25) is 0 Å². The number of hydrogen-bond donors (Lipinski definition) is 1. The fraction of sp³-hybridized carbons (Fsp3) is 0.750. The number of amides is 2. The molecule has 0 saturated carbocycles. The molecule has 8 nitrogen and oxygen atoms in total. The van der Waals surface area contributed by atoms with Gasteiger partial charge in [-0.25, -0.2) is 4.79 Å². The first-order valence-electron chi connectivity index (χ1n) is 9.70. The molecule has 1 aliphatic heterocycles. The van der Waals surface area contributed by atoms with Crippen LogP contribution >= 0.6 is 0 Å². The molecule has 0 aliphatic carbocycles. The smallest absolute Gasteiger partial charge is 0.410 e. The molecule has 8 heteroatoms. The average molecular weight is 395 g/mol. The van der Waals surface area contributed by atoms with Crippen LogP contribution in [0.5, 0.6) is 5.75 Å². The van der Waals surface area contributed by atoms with E-state index in [0.29, 0.717) is 25.3 Å². The molecule has 158 valence electrons. The number of aromatic nitrogens is 2. The molecule has 1 fully saturated rings. The first kappa shape index (κ1) is 22.0. The Bertz CT molecular complexity index is 733. The highest BCUT2D eigenvalue weighted by Crippen LogP contribution is 2.30. The molecule has 0 bridgehead atoms. The summed E-state index contributed by atoms with van der Waals surface area (Å²) in [4.78, 5) is 26.5. The monoisotopic (exact) mass is 394 g/mol. The van der Waals surface area contributed by atoms with Gasteiger partial charge in [0.2, 0.25) is 0 Å². The maximum absolute atomic E-state index is 12.4. The molecule has 1 aromatic rings. The molecule has 1 atom stereocenters. The lowest BCUT2D eigenvalue weighted by Crippen LogP contribution is -2.57. The van der Waals surface area contributed by atoms with E-state index in [4.69, 9.17) is 9.47 Å². The van der Waals surface area contributed by atoms with Gasteiger partial charge < -0.3 is 19.7 Å². The topological polar surface area (TPSA) is 85.7 Å². The zero-order valence-corrected chi connectivity index (χ0v) is 18.4. The Hall–Kier alpha value is -2.25. The Kier molecular flexibility index (Phi) is 6.31. The number of piperidine rings is 1. The SMILES string of the molecule is Cc1nn(C)c(C)c1OCC(=O)NC1CCN(C(=O)OC(C)(C)C)CC1(C)C. The third kappa shape index (κ3) is 5.39. The van der Waals surface area contributed by atoms with Gasteiger partial charge in [0.1, 0.15) is 11.3 Å². The van der Waals surface area contributed by atoms with Crippen LogP contribution in [-0.4, -0.2) is 58.0 Å². The molecular weight excluding hydrogens is 360 g/mol. The Morgan fingerprint density at radius 3 is 2.43 bits per heavy atom. The Balaban J connectivity index is 1.90. The van der Waals surface area contributed by atoms with Gasteiger partial charge in [0.05, 0.1) is 5.69 Å². The van der Waals surface area contributed by atoms with Crippen LogP contribution in [0.25, 0.3) is 0 Å². The second-order valence-corrected chi connectivity index (χ2v) is 9.21. The van der Waals surface area contributed by atoms with E-state index >= 15 is 0 Å². The largest absolute Gasteiger partial charge is 0.480 e. The molecule has 0 aromatic carbocycles. The van der Waals surface area contributed by atoms with Crippen molar-refractivity contribution in [2.75, 3.05) is 19.7 Å². The number of likely N-dealkylation sites (tertiary alicyclic amines) is 1. The van der Waals surface area contributed by atoms with Crippen molar-refractivity contribution in [3.8, 4) is 5.75 Å². The van der Waals surface area contributed by atoms with E-state index < -0.39 is 5.60 Å². The minimum absolute atomic E-state index is 0.0432. The Labute approximate surface area is 167 Å². The van der Waals surface area contributed by atoms with E-state index in [9.17, 15) is 9.59 Å². The normalized spacial score (nSPS) is 19.3. The van der Waals surface area contributed by atoms with Gasteiger partial charge in [0.25, 0.3) is 5.91 Å². The van der Waals surface area contributed by atoms with Crippen molar-refractivity contribution in [3.63, 3.8) is 0 Å². The number of aryl methyl sites for hydroxylation is 2. The number of hydrogen-bond acceptors (Lipinski definition) is 5. The predicted octanol–water partition coefficient (Wildman–Crippen LogP) is 2.57. The summed E-state index contributed by atoms with van der Waals surface area (Å²) in [7, 11) is 1.84. The van der Waals surface area contributed by atoms with Gasteiger partial charge in [-0.2, -0.15) is 5.10 Å². The Morgan fingerprint density at radius 1 is 1.29 bits per heavy atom. The summed E-state index contributed by atoms with van der Waals surface area (Å²) in [6.45, 7) is 14.4. The van der Waals surface area contributed by atoms with Crippen LogP contribution in [0.15, 0.2) is 0 Å². The number of carbonyl (C=O) groups excluding carboxylic acids is 2. The third-order valence-electron chi connectivity index (χ3n) is 5.01. The van der Waals surface area contributed by atoms with Gasteiger partial charge in [-0.05, 0) is 41.0 Å². The first-order valence-corrected chi connectivity index (χ1v) is 9.70. The van der Waals surface area contributed by atoms with Gasteiger partial charge >= 0.3 is 6.09 Å². The van der Waals surface area contributed by atoms with Crippen molar-refractivity contribution < 1.29 is 19.1 Å². The van der Waals surface area contributed by atoms with E-state index in [-0.39, 0.29) is 30.1 Å². The van der Waals surface area contributed by atoms with Gasteiger partial charge in [0, 0.05) is 31.6 Å². The summed E-state index contributed by atoms with van der Waals surface area (Å²) in [5.41, 5.74) is 0.854. The molecule has 28 heavy (non-hydrogen) atoms. The van der Waals surface area contributed by atoms with Crippen LogP contribution < -0.4 is 10.1 Å². The summed E-state index contributed by atoms with van der Waals surface area (Å²) in [5, 5.41) is 7.35. The van der Waals surface area contributed by atoms with E-state index in [1.807, 2.05) is 55.5 Å². The van der Waals surface area contributed by atoms with Crippen LogP contribution in [-0.2, 0) is 16.6 Å².